The van der Waals surface area contributed by atoms with Crippen molar-refractivity contribution in [1.29, 1.82) is 0 Å². The van der Waals surface area contributed by atoms with Crippen molar-refractivity contribution in [1.82, 2.24) is 0 Å². The van der Waals surface area contributed by atoms with Gasteiger partial charge in [0.1, 0.15) is 0 Å². The molecule has 0 saturated heterocycles. The lowest BCUT2D eigenvalue weighted by molar-refractivity contribution is -0.138. The van der Waals surface area contributed by atoms with Crippen molar-refractivity contribution in [3.8, 4) is 5.75 Å². The molecule has 9 heteroatoms. The number of methoxy groups -OCH3 is 1. The van der Waals surface area contributed by atoms with Gasteiger partial charge in [-0.15, -0.1) is 0 Å². The summed E-state index contributed by atoms with van der Waals surface area (Å²) in [4.78, 5) is 10.8. The van der Waals surface area contributed by atoms with E-state index in [9.17, 15) is 26.4 Å². The van der Waals surface area contributed by atoms with Gasteiger partial charge in [-0.3, -0.25) is 4.79 Å². The molecule has 0 saturated carbocycles. The maximum Gasteiger partial charge on any atom is 0.420 e. The van der Waals surface area contributed by atoms with Gasteiger partial charge >= 0.3 is 22.3 Å². The number of halogens is 3. The monoisotopic (exact) mass is 298 g/mol. The van der Waals surface area contributed by atoms with Crippen LogP contribution in [0.5, 0.6) is 5.75 Å². The summed E-state index contributed by atoms with van der Waals surface area (Å²) in [5.74, 6) is -3.20. The largest absolute Gasteiger partial charge is 0.468 e. The molecule has 0 heterocycles. The van der Waals surface area contributed by atoms with E-state index < -0.39 is 39.3 Å². The molecule has 19 heavy (non-hydrogen) atoms. The molecule has 0 atom stereocenters. The van der Waals surface area contributed by atoms with Crippen molar-refractivity contribution < 1.29 is 35.3 Å². The zero-order valence-corrected chi connectivity index (χ0v) is 10.4. The fourth-order valence-electron chi connectivity index (χ4n) is 1.14. The maximum absolute atomic E-state index is 12.6. The minimum absolute atomic E-state index is 0.670. The van der Waals surface area contributed by atoms with Crippen LogP contribution in [0, 0.1) is 0 Å². The SMILES string of the molecule is COC(=O)CS(=O)(=O)Oc1ccccc1C(F)(F)F. The zero-order valence-electron chi connectivity index (χ0n) is 9.60. The lowest BCUT2D eigenvalue weighted by Gasteiger charge is -2.12. The molecule has 0 aromatic heterocycles. The first-order chi connectivity index (χ1) is 8.65. The van der Waals surface area contributed by atoms with Gasteiger partial charge in [0.2, 0.25) is 0 Å². The predicted octanol–water partition coefficient (Wildman–Crippen LogP) is 1.59. The van der Waals surface area contributed by atoms with Gasteiger partial charge in [0.05, 0.1) is 12.7 Å². The molecule has 0 N–H and O–H groups in total. The molecule has 1 rings (SSSR count). The Morgan fingerprint density at radius 1 is 1.26 bits per heavy atom. The summed E-state index contributed by atoms with van der Waals surface area (Å²) in [6.45, 7) is 0. The van der Waals surface area contributed by atoms with Gasteiger partial charge in [0.15, 0.2) is 11.5 Å². The van der Waals surface area contributed by atoms with Gasteiger partial charge in [-0.2, -0.15) is 21.6 Å². The fourth-order valence-corrected chi connectivity index (χ4v) is 2.03. The Balaban J connectivity index is 3.04. The molecular weight excluding hydrogens is 289 g/mol. The predicted molar refractivity (Wildman–Crippen MR) is 57.9 cm³/mol. The Hall–Kier alpha value is -1.77. The summed E-state index contributed by atoms with van der Waals surface area (Å²) in [5.41, 5.74) is -1.25. The molecular formula is C10H9F3O5S. The Morgan fingerprint density at radius 3 is 2.37 bits per heavy atom. The van der Waals surface area contributed by atoms with Gasteiger partial charge in [0, 0.05) is 0 Å². The molecule has 0 radical (unpaired) electrons. The quantitative estimate of drug-likeness (QED) is 0.623. The van der Waals surface area contributed by atoms with E-state index in [4.69, 9.17) is 0 Å². The van der Waals surface area contributed by atoms with Crippen LogP contribution >= 0.6 is 0 Å². The third-order valence-electron chi connectivity index (χ3n) is 1.93. The molecule has 0 aliphatic carbocycles. The molecule has 5 nitrogen and oxygen atoms in total. The highest BCUT2D eigenvalue weighted by atomic mass is 32.2. The number of carbonyl (C=O) groups excluding carboxylic acids is 1. The van der Waals surface area contributed by atoms with Crippen LogP contribution in [-0.4, -0.2) is 27.2 Å². The Labute approximate surface area is 107 Å². The second-order valence-corrected chi connectivity index (χ2v) is 4.93. The first-order valence-electron chi connectivity index (χ1n) is 4.81. The maximum atomic E-state index is 12.6. The summed E-state index contributed by atoms with van der Waals surface area (Å²) >= 11 is 0. The van der Waals surface area contributed by atoms with Crippen LogP contribution in [0.4, 0.5) is 13.2 Å². The summed E-state index contributed by atoms with van der Waals surface area (Å²) in [7, 11) is -3.56. The third kappa shape index (κ3) is 4.43. The first kappa shape index (κ1) is 15.3. The first-order valence-corrected chi connectivity index (χ1v) is 6.38. The van der Waals surface area contributed by atoms with E-state index in [1.807, 2.05) is 0 Å². The highest BCUT2D eigenvalue weighted by Gasteiger charge is 2.35. The molecule has 106 valence electrons. The summed E-state index contributed by atoms with van der Waals surface area (Å²) in [5, 5.41) is 0. The van der Waals surface area contributed by atoms with E-state index in [0.29, 0.717) is 6.07 Å². The van der Waals surface area contributed by atoms with Gasteiger partial charge in [-0.1, -0.05) is 12.1 Å². The lowest BCUT2D eigenvalue weighted by atomic mass is 10.2. The van der Waals surface area contributed by atoms with Crippen LogP contribution in [0.3, 0.4) is 0 Å². The van der Waals surface area contributed by atoms with Crippen molar-refractivity contribution >= 4 is 16.1 Å². The molecule has 0 aliphatic heterocycles. The number of hydrogen-bond donors (Lipinski definition) is 0. The highest BCUT2D eigenvalue weighted by Crippen LogP contribution is 2.36. The van der Waals surface area contributed by atoms with Crippen molar-refractivity contribution in [2.45, 2.75) is 6.18 Å². The van der Waals surface area contributed by atoms with Crippen molar-refractivity contribution in [2.24, 2.45) is 0 Å². The van der Waals surface area contributed by atoms with Crippen LogP contribution in [-0.2, 0) is 25.8 Å². The number of benzene rings is 1. The molecule has 1 aromatic rings. The number of carbonyl (C=O) groups is 1. The summed E-state index contributed by atoms with van der Waals surface area (Å²) < 4.78 is 68.9. The standard InChI is InChI=1S/C10H9F3O5S/c1-17-9(14)6-19(15,16)18-8-5-3-2-4-7(8)10(11,12)13/h2-5H,6H2,1H3. The molecule has 0 aliphatic rings. The molecule has 0 amide bonds. The van der Waals surface area contributed by atoms with Crippen LogP contribution in [0.2, 0.25) is 0 Å². The minimum Gasteiger partial charge on any atom is -0.468 e. The Kier molecular flexibility index (Phi) is 4.40. The van der Waals surface area contributed by atoms with E-state index in [1.165, 1.54) is 6.07 Å². The van der Waals surface area contributed by atoms with Crippen molar-refractivity contribution in [3.63, 3.8) is 0 Å². The van der Waals surface area contributed by atoms with Crippen molar-refractivity contribution in [2.75, 3.05) is 12.9 Å². The summed E-state index contributed by atoms with van der Waals surface area (Å²) in [6.07, 6.45) is -4.77. The zero-order chi connectivity index (χ0) is 14.7. The van der Waals surface area contributed by atoms with Crippen LogP contribution < -0.4 is 4.18 Å². The van der Waals surface area contributed by atoms with Crippen LogP contribution in [0.25, 0.3) is 0 Å². The average Bonchev–Trinajstić information content (AvgIpc) is 2.26. The fraction of sp³-hybridized carbons (Fsp3) is 0.300. The second kappa shape index (κ2) is 5.47. The average molecular weight is 298 g/mol. The van der Waals surface area contributed by atoms with E-state index in [2.05, 4.69) is 8.92 Å². The second-order valence-electron chi connectivity index (χ2n) is 3.36. The van der Waals surface area contributed by atoms with Gasteiger partial charge < -0.3 is 8.92 Å². The van der Waals surface area contributed by atoms with E-state index in [-0.39, 0.29) is 0 Å². The van der Waals surface area contributed by atoms with E-state index in [0.717, 1.165) is 19.2 Å². The molecule has 0 spiro atoms. The van der Waals surface area contributed by atoms with Crippen LogP contribution in [0.1, 0.15) is 5.56 Å². The van der Waals surface area contributed by atoms with E-state index in [1.54, 1.807) is 0 Å². The summed E-state index contributed by atoms with van der Waals surface area (Å²) in [6, 6.07) is 3.78. The number of para-hydroxylation sites is 1. The van der Waals surface area contributed by atoms with Crippen LogP contribution in [0.15, 0.2) is 24.3 Å². The molecule has 1 aromatic carbocycles. The van der Waals surface area contributed by atoms with Gasteiger partial charge in [0.25, 0.3) is 0 Å². The number of hydrogen-bond acceptors (Lipinski definition) is 5. The minimum atomic E-state index is -4.77. The normalized spacial score (nSPS) is 12.0. The number of esters is 1. The molecule has 0 unspecified atom stereocenters. The molecule has 0 bridgehead atoms. The third-order valence-corrected chi connectivity index (χ3v) is 2.95. The van der Waals surface area contributed by atoms with Crippen molar-refractivity contribution in [3.05, 3.63) is 29.8 Å². The Morgan fingerprint density at radius 2 is 1.84 bits per heavy atom. The van der Waals surface area contributed by atoms with E-state index >= 15 is 0 Å². The number of rotatable bonds is 4. The lowest BCUT2D eigenvalue weighted by Crippen LogP contribution is -2.23. The molecule has 0 fully saturated rings. The highest BCUT2D eigenvalue weighted by molar-refractivity contribution is 7.87. The Bertz CT molecular complexity index is 565. The topological polar surface area (TPSA) is 69.7 Å². The smallest absolute Gasteiger partial charge is 0.420 e. The van der Waals surface area contributed by atoms with Gasteiger partial charge in [-0.05, 0) is 12.1 Å². The van der Waals surface area contributed by atoms with Gasteiger partial charge in [-0.25, -0.2) is 0 Å². The number of ether oxygens (including phenoxy) is 1. The number of alkyl halides is 3.